The average molecular weight is 327 g/mol. The Morgan fingerprint density at radius 1 is 1.37 bits per heavy atom. The normalized spacial score (nSPS) is 15.5. The van der Waals surface area contributed by atoms with Crippen LogP contribution in [0.15, 0.2) is 16.6 Å². The van der Waals surface area contributed by atoms with Gasteiger partial charge in [0.15, 0.2) is 11.5 Å². The number of carbonyl (C=O) groups excluding carboxylic acids is 1. The number of benzene rings is 1. The summed E-state index contributed by atoms with van der Waals surface area (Å²) in [6, 6.07) is 3.45. The molecular weight excluding hydrogens is 308 g/mol. The molecule has 3 nitrogen and oxygen atoms in total. The van der Waals surface area contributed by atoms with E-state index in [0.717, 1.165) is 23.1 Å². The number of aldehydes is 1. The van der Waals surface area contributed by atoms with Crippen molar-refractivity contribution in [3.63, 3.8) is 0 Å². The highest BCUT2D eigenvalue weighted by Gasteiger charge is 2.16. The molecule has 0 N–H and O–H groups in total. The van der Waals surface area contributed by atoms with Crippen LogP contribution in [0.1, 0.15) is 42.5 Å². The second-order valence-electron chi connectivity index (χ2n) is 4.94. The third-order valence-electron chi connectivity index (χ3n) is 3.64. The monoisotopic (exact) mass is 326 g/mol. The van der Waals surface area contributed by atoms with Crippen molar-refractivity contribution in [2.45, 2.75) is 32.1 Å². The smallest absolute Gasteiger partial charge is 0.175 e. The maximum absolute atomic E-state index is 10.8. The lowest BCUT2D eigenvalue weighted by Crippen LogP contribution is -2.05. The van der Waals surface area contributed by atoms with Crippen LogP contribution in [0, 0.1) is 5.92 Å². The molecule has 1 aliphatic carbocycles. The maximum atomic E-state index is 10.8. The number of hydrogen-bond donors (Lipinski definition) is 0. The molecule has 0 bridgehead atoms. The van der Waals surface area contributed by atoms with Crippen molar-refractivity contribution >= 4 is 22.2 Å². The van der Waals surface area contributed by atoms with E-state index in [1.165, 1.54) is 25.7 Å². The molecule has 104 valence electrons. The molecule has 0 heterocycles. The van der Waals surface area contributed by atoms with Gasteiger partial charge >= 0.3 is 0 Å². The van der Waals surface area contributed by atoms with E-state index in [4.69, 9.17) is 9.47 Å². The van der Waals surface area contributed by atoms with Crippen LogP contribution in [0.3, 0.4) is 0 Å². The van der Waals surface area contributed by atoms with Gasteiger partial charge in [0, 0.05) is 5.56 Å². The Bertz CT molecular complexity index is 439. The Kier molecular flexibility index (Phi) is 5.25. The largest absolute Gasteiger partial charge is 0.493 e. The van der Waals surface area contributed by atoms with E-state index in [1.807, 2.05) is 0 Å². The van der Waals surface area contributed by atoms with Gasteiger partial charge in [0.25, 0.3) is 0 Å². The van der Waals surface area contributed by atoms with Crippen LogP contribution in [0.4, 0.5) is 0 Å². The van der Waals surface area contributed by atoms with Gasteiger partial charge in [-0.25, -0.2) is 0 Å². The number of ether oxygens (including phenoxy) is 2. The van der Waals surface area contributed by atoms with E-state index in [-0.39, 0.29) is 0 Å². The lowest BCUT2D eigenvalue weighted by Gasteiger charge is -2.15. The highest BCUT2D eigenvalue weighted by molar-refractivity contribution is 9.10. The van der Waals surface area contributed by atoms with Gasteiger partial charge in [0.1, 0.15) is 6.29 Å². The lowest BCUT2D eigenvalue weighted by atomic mass is 10.1. The van der Waals surface area contributed by atoms with Gasteiger partial charge in [-0.05, 0) is 40.4 Å². The molecular formula is C15H19BrO3. The molecule has 0 aliphatic heterocycles. The summed E-state index contributed by atoms with van der Waals surface area (Å²) in [4.78, 5) is 10.8. The summed E-state index contributed by atoms with van der Waals surface area (Å²) >= 11 is 3.43. The summed E-state index contributed by atoms with van der Waals surface area (Å²) in [7, 11) is 1.58. The number of carbonyl (C=O) groups is 1. The van der Waals surface area contributed by atoms with E-state index in [9.17, 15) is 4.79 Å². The van der Waals surface area contributed by atoms with Gasteiger partial charge in [-0.2, -0.15) is 0 Å². The third-order valence-corrected chi connectivity index (χ3v) is 4.22. The average Bonchev–Trinajstić information content (AvgIpc) is 2.93. The van der Waals surface area contributed by atoms with Gasteiger partial charge in [0.2, 0.25) is 0 Å². The van der Waals surface area contributed by atoms with Gasteiger partial charge in [-0.15, -0.1) is 0 Å². The minimum Gasteiger partial charge on any atom is -0.493 e. The predicted octanol–water partition coefficient (Wildman–Crippen LogP) is 4.23. The Morgan fingerprint density at radius 2 is 2.11 bits per heavy atom. The van der Waals surface area contributed by atoms with Crippen LogP contribution in [-0.2, 0) is 0 Å². The van der Waals surface area contributed by atoms with Crippen molar-refractivity contribution in [3.05, 3.63) is 22.2 Å². The van der Waals surface area contributed by atoms with Crippen molar-refractivity contribution in [3.8, 4) is 11.5 Å². The second kappa shape index (κ2) is 6.94. The van der Waals surface area contributed by atoms with Crippen LogP contribution >= 0.6 is 15.9 Å². The zero-order valence-electron chi connectivity index (χ0n) is 11.2. The zero-order valence-corrected chi connectivity index (χ0v) is 12.7. The molecule has 0 atom stereocenters. The summed E-state index contributed by atoms with van der Waals surface area (Å²) in [6.07, 6.45) is 7.25. The lowest BCUT2D eigenvalue weighted by molar-refractivity contribution is 0.112. The van der Waals surface area contributed by atoms with Crippen LogP contribution in [0.2, 0.25) is 0 Å². The van der Waals surface area contributed by atoms with Crippen molar-refractivity contribution < 1.29 is 14.3 Å². The second-order valence-corrected chi connectivity index (χ2v) is 5.79. The topological polar surface area (TPSA) is 35.5 Å². The van der Waals surface area contributed by atoms with Crippen molar-refractivity contribution in [2.24, 2.45) is 5.92 Å². The molecule has 0 unspecified atom stereocenters. The first-order valence-corrected chi connectivity index (χ1v) is 7.49. The van der Waals surface area contributed by atoms with E-state index in [1.54, 1.807) is 19.2 Å². The first kappa shape index (κ1) is 14.4. The minimum absolute atomic E-state index is 0.576. The molecule has 1 fully saturated rings. The van der Waals surface area contributed by atoms with Crippen molar-refractivity contribution in [1.29, 1.82) is 0 Å². The standard InChI is InChI=1S/C15H19BrO3/c1-18-14-9-12(10-17)8-13(16)15(14)19-7-6-11-4-2-3-5-11/h8-11H,2-7H2,1H3. The van der Waals surface area contributed by atoms with Gasteiger partial charge in [-0.1, -0.05) is 25.7 Å². The summed E-state index contributed by atoms with van der Waals surface area (Å²) in [6.45, 7) is 0.695. The van der Waals surface area contributed by atoms with E-state index >= 15 is 0 Å². The van der Waals surface area contributed by atoms with E-state index in [2.05, 4.69) is 15.9 Å². The number of rotatable bonds is 6. The van der Waals surface area contributed by atoms with Gasteiger partial charge in [0.05, 0.1) is 18.2 Å². The van der Waals surface area contributed by atoms with Gasteiger partial charge < -0.3 is 9.47 Å². The highest BCUT2D eigenvalue weighted by atomic mass is 79.9. The molecule has 4 heteroatoms. The first-order chi connectivity index (χ1) is 9.24. The van der Waals surface area contributed by atoms with Crippen LogP contribution in [-0.4, -0.2) is 20.0 Å². The molecule has 19 heavy (non-hydrogen) atoms. The Morgan fingerprint density at radius 3 is 2.74 bits per heavy atom. The zero-order chi connectivity index (χ0) is 13.7. The van der Waals surface area contributed by atoms with E-state index < -0.39 is 0 Å². The molecule has 1 aliphatic rings. The molecule has 0 saturated heterocycles. The molecule has 1 saturated carbocycles. The SMILES string of the molecule is COc1cc(C=O)cc(Br)c1OCCC1CCCC1. The maximum Gasteiger partial charge on any atom is 0.175 e. The van der Waals surface area contributed by atoms with Crippen LogP contribution < -0.4 is 9.47 Å². The molecule has 0 radical (unpaired) electrons. The van der Waals surface area contributed by atoms with Crippen LogP contribution in [0.25, 0.3) is 0 Å². The highest BCUT2D eigenvalue weighted by Crippen LogP contribution is 2.37. The number of halogens is 1. The Hall–Kier alpha value is -1.03. The Balaban J connectivity index is 1.99. The summed E-state index contributed by atoms with van der Waals surface area (Å²) in [5.41, 5.74) is 0.576. The molecule has 1 aromatic rings. The molecule has 0 spiro atoms. The fourth-order valence-electron chi connectivity index (χ4n) is 2.57. The number of methoxy groups -OCH3 is 1. The quantitative estimate of drug-likeness (QED) is 0.734. The predicted molar refractivity (Wildman–Crippen MR) is 78.2 cm³/mol. The number of hydrogen-bond acceptors (Lipinski definition) is 3. The summed E-state index contributed by atoms with van der Waals surface area (Å²) in [5.74, 6) is 2.09. The van der Waals surface area contributed by atoms with Gasteiger partial charge in [-0.3, -0.25) is 4.79 Å². The fraction of sp³-hybridized carbons (Fsp3) is 0.533. The molecule has 2 rings (SSSR count). The van der Waals surface area contributed by atoms with Crippen molar-refractivity contribution in [2.75, 3.05) is 13.7 Å². The van der Waals surface area contributed by atoms with Crippen molar-refractivity contribution in [1.82, 2.24) is 0 Å². The molecule has 1 aromatic carbocycles. The molecule has 0 aromatic heterocycles. The molecule has 0 amide bonds. The summed E-state index contributed by atoms with van der Waals surface area (Å²) < 4.78 is 11.9. The Labute approximate surface area is 122 Å². The summed E-state index contributed by atoms with van der Waals surface area (Å²) in [5, 5.41) is 0. The minimum atomic E-state index is 0.576. The first-order valence-electron chi connectivity index (χ1n) is 6.70. The van der Waals surface area contributed by atoms with E-state index in [0.29, 0.717) is 23.7 Å². The fourth-order valence-corrected chi connectivity index (χ4v) is 3.15. The van der Waals surface area contributed by atoms with Crippen LogP contribution in [0.5, 0.6) is 11.5 Å². The third kappa shape index (κ3) is 3.72.